The van der Waals surface area contributed by atoms with Gasteiger partial charge >= 0.3 is 0 Å². The molecule has 0 radical (unpaired) electrons. The number of ether oxygens (including phenoxy) is 1. The van der Waals surface area contributed by atoms with Gasteiger partial charge in [0.2, 0.25) is 11.7 Å². The van der Waals surface area contributed by atoms with Crippen LogP contribution in [0.15, 0.2) is 24.3 Å². The molecule has 1 aromatic carbocycles. The Bertz CT molecular complexity index is 611. The van der Waals surface area contributed by atoms with Gasteiger partial charge < -0.3 is 10.1 Å². The Kier molecular flexibility index (Phi) is 5.88. The molecule has 0 saturated heterocycles. The number of rotatable bonds is 8. The lowest BCUT2D eigenvalue weighted by Crippen LogP contribution is -2.29. The fourth-order valence-electron chi connectivity index (χ4n) is 1.98. The van der Waals surface area contributed by atoms with Gasteiger partial charge in [-0.1, -0.05) is 31.9 Å². The number of aromatic nitrogens is 4. The molecule has 7 nitrogen and oxygen atoms in total. The summed E-state index contributed by atoms with van der Waals surface area (Å²) in [4.78, 5) is 13.1. The van der Waals surface area contributed by atoms with Gasteiger partial charge in [0, 0.05) is 12.1 Å². The van der Waals surface area contributed by atoms with E-state index < -0.39 is 0 Å². The van der Waals surface area contributed by atoms with Crippen LogP contribution in [0, 0.1) is 0 Å². The molecule has 0 atom stereocenters. The van der Waals surface area contributed by atoms with E-state index >= 15 is 0 Å². The minimum Gasteiger partial charge on any atom is -0.497 e. The first-order valence-corrected chi connectivity index (χ1v) is 7.42. The number of carbonyl (C=O) groups excluding carboxylic acids is 1. The van der Waals surface area contributed by atoms with Crippen molar-refractivity contribution in [2.75, 3.05) is 13.7 Å². The van der Waals surface area contributed by atoms with Crippen molar-refractivity contribution in [3.05, 3.63) is 24.3 Å². The number of hydrogen-bond donors (Lipinski definition) is 1. The highest BCUT2D eigenvalue weighted by molar-refractivity contribution is 5.75. The Morgan fingerprint density at radius 2 is 2.23 bits per heavy atom. The lowest BCUT2D eigenvalue weighted by Gasteiger charge is -2.03. The second-order valence-electron chi connectivity index (χ2n) is 4.93. The van der Waals surface area contributed by atoms with Crippen molar-refractivity contribution in [1.82, 2.24) is 25.5 Å². The van der Waals surface area contributed by atoms with Crippen LogP contribution in [-0.4, -0.2) is 39.8 Å². The van der Waals surface area contributed by atoms with Crippen LogP contribution in [0.25, 0.3) is 11.4 Å². The van der Waals surface area contributed by atoms with Gasteiger partial charge in [0.25, 0.3) is 0 Å². The van der Waals surface area contributed by atoms with E-state index in [-0.39, 0.29) is 12.5 Å². The second kappa shape index (κ2) is 8.11. The molecular weight excluding hydrogens is 282 g/mol. The number of benzene rings is 1. The fraction of sp³-hybridized carbons (Fsp3) is 0.467. The summed E-state index contributed by atoms with van der Waals surface area (Å²) in [5.41, 5.74) is 0.800. The molecule has 7 heteroatoms. The molecular formula is C15H21N5O2. The lowest BCUT2D eigenvalue weighted by atomic mass is 10.2. The van der Waals surface area contributed by atoms with E-state index in [1.165, 1.54) is 4.80 Å². The minimum atomic E-state index is -0.106. The number of carbonyl (C=O) groups is 1. The molecule has 0 spiro atoms. The Morgan fingerprint density at radius 1 is 1.36 bits per heavy atom. The average molecular weight is 303 g/mol. The third-order valence-corrected chi connectivity index (χ3v) is 3.17. The van der Waals surface area contributed by atoms with Gasteiger partial charge in [0.15, 0.2) is 0 Å². The van der Waals surface area contributed by atoms with Crippen LogP contribution in [0.2, 0.25) is 0 Å². The van der Waals surface area contributed by atoms with Crippen molar-refractivity contribution in [3.8, 4) is 17.1 Å². The zero-order valence-corrected chi connectivity index (χ0v) is 13.0. The van der Waals surface area contributed by atoms with E-state index in [0.29, 0.717) is 12.4 Å². The molecule has 1 aromatic heterocycles. The van der Waals surface area contributed by atoms with Crippen LogP contribution >= 0.6 is 0 Å². The first kappa shape index (κ1) is 15.9. The number of nitrogens with one attached hydrogen (secondary N) is 1. The van der Waals surface area contributed by atoms with Gasteiger partial charge in [0.1, 0.15) is 12.3 Å². The zero-order valence-electron chi connectivity index (χ0n) is 13.0. The van der Waals surface area contributed by atoms with Crippen molar-refractivity contribution < 1.29 is 9.53 Å². The van der Waals surface area contributed by atoms with Crippen LogP contribution in [0.1, 0.15) is 26.2 Å². The highest BCUT2D eigenvalue weighted by atomic mass is 16.5. The predicted octanol–water partition coefficient (Wildman–Crippen LogP) is 1.66. The molecule has 1 amide bonds. The van der Waals surface area contributed by atoms with Crippen LogP contribution in [0.5, 0.6) is 5.75 Å². The number of methoxy groups -OCH3 is 1. The van der Waals surface area contributed by atoms with Gasteiger partial charge in [-0.25, -0.2) is 0 Å². The molecule has 0 saturated carbocycles. The maximum atomic E-state index is 11.8. The SMILES string of the molecule is CCCCCNC(=O)Cn1nnc(-c2cccc(OC)c2)n1. The molecule has 22 heavy (non-hydrogen) atoms. The molecule has 0 bridgehead atoms. The quantitative estimate of drug-likeness (QED) is 0.750. The Morgan fingerprint density at radius 3 is 3.00 bits per heavy atom. The molecule has 0 aliphatic carbocycles. The van der Waals surface area contributed by atoms with Crippen molar-refractivity contribution in [3.63, 3.8) is 0 Å². The summed E-state index contributed by atoms with van der Waals surface area (Å²) in [6.07, 6.45) is 3.23. The van der Waals surface area contributed by atoms with Crippen molar-refractivity contribution in [1.29, 1.82) is 0 Å². The summed E-state index contributed by atoms with van der Waals surface area (Å²) in [5, 5.41) is 14.9. The van der Waals surface area contributed by atoms with E-state index in [9.17, 15) is 4.79 Å². The molecule has 0 aliphatic heterocycles. The predicted molar refractivity (Wildman–Crippen MR) is 82.3 cm³/mol. The van der Waals surface area contributed by atoms with Crippen LogP contribution in [0.3, 0.4) is 0 Å². The molecule has 118 valence electrons. The summed E-state index contributed by atoms with van der Waals surface area (Å²) in [6.45, 7) is 2.88. The Labute approximate surface area is 129 Å². The standard InChI is InChI=1S/C15H21N5O2/c1-3-4-5-9-16-14(21)11-20-18-15(17-19-20)12-7-6-8-13(10-12)22-2/h6-8,10H,3-5,9,11H2,1-2H3,(H,16,21). The minimum absolute atomic E-state index is 0.0725. The Balaban J connectivity index is 1.92. The lowest BCUT2D eigenvalue weighted by molar-refractivity contribution is -0.122. The maximum absolute atomic E-state index is 11.8. The normalized spacial score (nSPS) is 10.5. The van der Waals surface area contributed by atoms with Gasteiger partial charge in [0.05, 0.1) is 7.11 Å². The molecule has 2 aromatic rings. The van der Waals surface area contributed by atoms with E-state index in [0.717, 1.165) is 30.6 Å². The molecule has 0 aliphatic rings. The number of nitrogens with zero attached hydrogens (tertiary/aromatic N) is 4. The fourth-order valence-corrected chi connectivity index (χ4v) is 1.98. The van der Waals surface area contributed by atoms with Crippen molar-refractivity contribution in [2.24, 2.45) is 0 Å². The maximum Gasteiger partial charge on any atom is 0.243 e. The third kappa shape index (κ3) is 4.54. The van der Waals surface area contributed by atoms with E-state index in [4.69, 9.17) is 4.74 Å². The summed E-state index contributed by atoms with van der Waals surface area (Å²) in [6, 6.07) is 7.40. The van der Waals surface area contributed by atoms with Gasteiger partial charge in [-0.3, -0.25) is 4.79 Å². The van der Waals surface area contributed by atoms with Gasteiger partial charge in [-0.2, -0.15) is 4.80 Å². The first-order valence-electron chi connectivity index (χ1n) is 7.42. The highest BCUT2D eigenvalue weighted by Gasteiger charge is 2.09. The molecule has 1 heterocycles. The molecule has 2 rings (SSSR count). The van der Waals surface area contributed by atoms with Gasteiger partial charge in [-0.15, -0.1) is 10.2 Å². The second-order valence-corrected chi connectivity index (χ2v) is 4.93. The highest BCUT2D eigenvalue weighted by Crippen LogP contribution is 2.19. The monoisotopic (exact) mass is 303 g/mol. The number of hydrogen-bond acceptors (Lipinski definition) is 5. The first-order chi connectivity index (χ1) is 10.7. The topological polar surface area (TPSA) is 81.9 Å². The summed E-state index contributed by atoms with van der Waals surface area (Å²) in [5.74, 6) is 1.09. The molecule has 0 fully saturated rings. The van der Waals surface area contributed by atoms with E-state index in [1.54, 1.807) is 7.11 Å². The largest absolute Gasteiger partial charge is 0.497 e. The van der Waals surface area contributed by atoms with Crippen molar-refractivity contribution >= 4 is 5.91 Å². The van der Waals surface area contributed by atoms with Crippen molar-refractivity contribution in [2.45, 2.75) is 32.7 Å². The summed E-state index contributed by atoms with van der Waals surface area (Å²) in [7, 11) is 1.60. The third-order valence-electron chi connectivity index (χ3n) is 3.17. The van der Waals surface area contributed by atoms with Crippen LogP contribution in [0.4, 0.5) is 0 Å². The summed E-state index contributed by atoms with van der Waals surface area (Å²) >= 11 is 0. The number of amides is 1. The Hall–Kier alpha value is -2.44. The summed E-state index contributed by atoms with van der Waals surface area (Å²) < 4.78 is 5.16. The van der Waals surface area contributed by atoms with Gasteiger partial charge in [-0.05, 0) is 23.8 Å². The van der Waals surface area contributed by atoms with Crippen LogP contribution < -0.4 is 10.1 Å². The van der Waals surface area contributed by atoms with E-state index in [2.05, 4.69) is 27.7 Å². The number of unbranched alkanes of at least 4 members (excludes halogenated alkanes) is 2. The average Bonchev–Trinajstić information content (AvgIpc) is 3.00. The number of tetrazole rings is 1. The smallest absolute Gasteiger partial charge is 0.243 e. The zero-order chi connectivity index (χ0) is 15.8. The molecule has 1 N–H and O–H groups in total. The van der Waals surface area contributed by atoms with E-state index in [1.807, 2.05) is 24.3 Å². The molecule has 0 unspecified atom stereocenters. The van der Waals surface area contributed by atoms with Crippen LogP contribution in [-0.2, 0) is 11.3 Å².